The van der Waals surface area contributed by atoms with E-state index in [0.717, 1.165) is 70.1 Å². The van der Waals surface area contributed by atoms with Gasteiger partial charge in [-0.05, 0) is 24.4 Å². The van der Waals surface area contributed by atoms with Gasteiger partial charge >= 0.3 is 0 Å². The number of fused-ring (bicyclic) bond motifs is 1. The van der Waals surface area contributed by atoms with Crippen LogP contribution in [-0.4, -0.2) is 83.2 Å². The van der Waals surface area contributed by atoms with Crippen LogP contribution in [0.1, 0.15) is 12.8 Å². The van der Waals surface area contributed by atoms with Crippen LogP contribution < -0.4 is 10.2 Å². The summed E-state index contributed by atoms with van der Waals surface area (Å²) in [4.78, 5) is 32.6. The third kappa shape index (κ3) is 4.31. The molecular weight excluding hydrogens is 370 g/mol. The van der Waals surface area contributed by atoms with Crippen LogP contribution in [0.15, 0.2) is 6.33 Å². The Hall–Kier alpha value is -1.97. The molecule has 4 rings (SSSR count). The zero-order valence-corrected chi connectivity index (χ0v) is 15.9. The van der Waals surface area contributed by atoms with Gasteiger partial charge in [0.05, 0.1) is 19.5 Å². The van der Waals surface area contributed by atoms with Gasteiger partial charge in [-0.3, -0.25) is 9.69 Å². The molecule has 2 aliphatic rings. The molecule has 0 spiro atoms. The van der Waals surface area contributed by atoms with E-state index in [4.69, 9.17) is 16.3 Å². The molecule has 2 saturated heterocycles. The number of halogens is 1. The maximum absolute atomic E-state index is 12.5. The van der Waals surface area contributed by atoms with Crippen molar-refractivity contribution in [3.8, 4) is 0 Å². The van der Waals surface area contributed by atoms with Crippen LogP contribution >= 0.6 is 11.6 Å². The number of imidazole rings is 1. The van der Waals surface area contributed by atoms with E-state index in [-0.39, 0.29) is 17.1 Å². The number of hydrogen-bond donors (Lipinski definition) is 2. The van der Waals surface area contributed by atoms with Crippen LogP contribution in [0.25, 0.3) is 11.2 Å². The van der Waals surface area contributed by atoms with Gasteiger partial charge in [0, 0.05) is 45.2 Å². The van der Waals surface area contributed by atoms with Crippen molar-refractivity contribution in [2.75, 3.05) is 57.4 Å². The van der Waals surface area contributed by atoms with Gasteiger partial charge in [-0.25, -0.2) is 4.98 Å². The summed E-state index contributed by atoms with van der Waals surface area (Å²) in [5.41, 5.74) is 1.35. The Balaban J connectivity index is 1.28. The Kier molecular flexibility index (Phi) is 5.70. The number of carbonyl (C=O) groups is 1. The van der Waals surface area contributed by atoms with Crippen LogP contribution in [0.3, 0.4) is 0 Å². The summed E-state index contributed by atoms with van der Waals surface area (Å²) in [6, 6.07) is 0. The minimum absolute atomic E-state index is 0.0421. The number of rotatable bonds is 5. The molecule has 0 bridgehead atoms. The first-order valence-corrected chi connectivity index (χ1v) is 9.78. The highest BCUT2D eigenvalue weighted by molar-refractivity contribution is 6.28. The molecule has 0 saturated carbocycles. The zero-order valence-electron chi connectivity index (χ0n) is 15.2. The van der Waals surface area contributed by atoms with Crippen LogP contribution in [0.2, 0.25) is 5.28 Å². The molecule has 2 aromatic rings. The molecule has 2 N–H and O–H groups in total. The molecule has 0 unspecified atom stereocenters. The van der Waals surface area contributed by atoms with Crippen molar-refractivity contribution in [1.29, 1.82) is 0 Å². The smallest absolute Gasteiger partial charge is 0.226 e. The molecule has 146 valence electrons. The predicted octanol–water partition coefficient (Wildman–Crippen LogP) is 0.671. The lowest BCUT2D eigenvalue weighted by Gasteiger charge is -2.32. The standard InChI is InChI=1S/C17H24ClN7O2/c18-17-22-14-13(20-11-21-14)15(23-17)25-4-1-12(2-5-25)16(26)19-3-6-24-7-9-27-10-8-24/h11-12H,1-10H2,(H,19,26)(H,20,21,22,23). The van der Waals surface area contributed by atoms with E-state index in [1.54, 1.807) is 6.33 Å². The summed E-state index contributed by atoms with van der Waals surface area (Å²) in [6.07, 6.45) is 3.18. The molecule has 10 heteroatoms. The van der Waals surface area contributed by atoms with Crippen molar-refractivity contribution in [2.45, 2.75) is 12.8 Å². The molecular formula is C17H24ClN7O2. The van der Waals surface area contributed by atoms with Gasteiger partial charge < -0.3 is 19.9 Å². The number of nitrogens with zero attached hydrogens (tertiary/aromatic N) is 5. The Morgan fingerprint density at radius 3 is 2.81 bits per heavy atom. The summed E-state index contributed by atoms with van der Waals surface area (Å²) in [6.45, 7) is 6.52. The number of hydrogen-bond acceptors (Lipinski definition) is 7. The summed E-state index contributed by atoms with van der Waals surface area (Å²) in [7, 11) is 0. The van der Waals surface area contributed by atoms with Gasteiger partial charge in [-0.15, -0.1) is 0 Å². The van der Waals surface area contributed by atoms with Crippen molar-refractivity contribution >= 4 is 34.5 Å². The summed E-state index contributed by atoms with van der Waals surface area (Å²) >= 11 is 6.02. The number of aromatic amines is 1. The topological polar surface area (TPSA) is 99.3 Å². The second-order valence-electron chi connectivity index (χ2n) is 6.92. The lowest BCUT2D eigenvalue weighted by Crippen LogP contribution is -2.44. The van der Waals surface area contributed by atoms with Crippen LogP contribution in [0, 0.1) is 5.92 Å². The highest BCUT2D eigenvalue weighted by Crippen LogP contribution is 2.27. The van der Waals surface area contributed by atoms with E-state index in [2.05, 4.69) is 35.1 Å². The molecule has 0 aliphatic carbocycles. The number of aromatic nitrogens is 4. The highest BCUT2D eigenvalue weighted by Gasteiger charge is 2.27. The number of amides is 1. The third-order valence-electron chi connectivity index (χ3n) is 5.24. The van der Waals surface area contributed by atoms with Crippen molar-refractivity contribution in [2.24, 2.45) is 5.92 Å². The first-order chi connectivity index (χ1) is 13.2. The van der Waals surface area contributed by atoms with E-state index in [9.17, 15) is 4.79 Å². The summed E-state index contributed by atoms with van der Waals surface area (Å²) in [5.74, 6) is 0.949. The Labute approximate surface area is 162 Å². The van der Waals surface area contributed by atoms with E-state index < -0.39 is 0 Å². The number of nitrogens with one attached hydrogen (secondary N) is 2. The largest absolute Gasteiger partial charge is 0.379 e. The van der Waals surface area contributed by atoms with Crippen LogP contribution in [0.4, 0.5) is 5.82 Å². The molecule has 2 aliphatic heterocycles. The fraction of sp³-hybridized carbons (Fsp3) is 0.647. The number of ether oxygens (including phenoxy) is 1. The molecule has 0 aromatic carbocycles. The number of carbonyl (C=O) groups excluding carboxylic acids is 1. The zero-order chi connectivity index (χ0) is 18.6. The summed E-state index contributed by atoms with van der Waals surface area (Å²) < 4.78 is 5.34. The van der Waals surface area contributed by atoms with Gasteiger partial charge in [0.1, 0.15) is 5.52 Å². The van der Waals surface area contributed by atoms with Crippen molar-refractivity contribution in [3.63, 3.8) is 0 Å². The van der Waals surface area contributed by atoms with Crippen LogP contribution in [-0.2, 0) is 9.53 Å². The Bertz CT molecular complexity index is 785. The third-order valence-corrected chi connectivity index (χ3v) is 5.40. The molecule has 0 radical (unpaired) electrons. The van der Waals surface area contributed by atoms with Crippen molar-refractivity contribution < 1.29 is 9.53 Å². The fourth-order valence-corrected chi connectivity index (χ4v) is 3.84. The fourth-order valence-electron chi connectivity index (χ4n) is 3.68. The van der Waals surface area contributed by atoms with Gasteiger partial charge in [-0.1, -0.05) is 0 Å². The average Bonchev–Trinajstić information content (AvgIpc) is 3.16. The van der Waals surface area contributed by atoms with Gasteiger partial charge in [0.2, 0.25) is 11.2 Å². The van der Waals surface area contributed by atoms with Gasteiger partial charge in [0.25, 0.3) is 0 Å². The summed E-state index contributed by atoms with van der Waals surface area (Å²) in [5, 5.41) is 3.27. The minimum Gasteiger partial charge on any atom is -0.379 e. The van der Waals surface area contributed by atoms with Crippen molar-refractivity contribution in [1.82, 2.24) is 30.2 Å². The van der Waals surface area contributed by atoms with Crippen molar-refractivity contribution in [3.05, 3.63) is 11.6 Å². The highest BCUT2D eigenvalue weighted by atomic mass is 35.5. The minimum atomic E-state index is 0.0421. The lowest BCUT2D eigenvalue weighted by molar-refractivity contribution is -0.125. The second-order valence-corrected chi connectivity index (χ2v) is 7.26. The SMILES string of the molecule is O=C(NCCN1CCOCC1)C1CCN(c2nc(Cl)nc3nc[nH]c23)CC1. The quantitative estimate of drug-likeness (QED) is 0.720. The number of H-pyrrole nitrogens is 1. The second kappa shape index (κ2) is 8.37. The monoisotopic (exact) mass is 393 g/mol. The van der Waals surface area contributed by atoms with Gasteiger partial charge in [-0.2, -0.15) is 9.97 Å². The number of anilines is 1. The van der Waals surface area contributed by atoms with E-state index in [1.165, 1.54) is 0 Å². The molecule has 9 nitrogen and oxygen atoms in total. The van der Waals surface area contributed by atoms with Gasteiger partial charge in [0.15, 0.2) is 11.5 Å². The van der Waals surface area contributed by atoms with E-state index >= 15 is 0 Å². The Morgan fingerprint density at radius 1 is 1.26 bits per heavy atom. The van der Waals surface area contributed by atoms with E-state index in [0.29, 0.717) is 12.2 Å². The van der Waals surface area contributed by atoms with E-state index in [1.807, 2.05) is 0 Å². The molecule has 4 heterocycles. The maximum Gasteiger partial charge on any atom is 0.226 e. The molecule has 1 amide bonds. The molecule has 2 aromatic heterocycles. The molecule has 27 heavy (non-hydrogen) atoms. The Morgan fingerprint density at radius 2 is 2.04 bits per heavy atom. The number of piperidine rings is 1. The lowest BCUT2D eigenvalue weighted by atomic mass is 9.96. The average molecular weight is 394 g/mol. The van der Waals surface area contributed by atoms with Crippen LogP contribution in [0.5, 0.6) is 0 Å². The first kappa shape index (κ1) is 18.4. The molecule has 0 atom stereocenters. The molecule has 2 fully saturated rings. The maximum atomic E-state index is 12.5. The predicted molar refractivity (Wildman–Crippen MR) is 102 cm³/mol. The first-order valence-electron chi connectivity index (χ1n) is 9.40. The normalized spacial score (nSPS) is 19.5. The number of morpholine rings is 1.